The van der Waals surface area contributed by atoms with E-state index in [4.69, 9.17) is 20.7 Å². The molecule has 1 atom stereocenters. The first-order valence-corrected chi connectivity index (χ1v) is 5.71. The van der Waals surface area contributed by atoms with Crippen molar-refractivity contribution < 1.29 is 29.3 Å². The largest absolute Gasteiger partial charge is 0.481 e. The molecule has 0 aromatic rings. The van der Waals surface area contributed by atoms with Crippen molar-refractivity contribution in [3.8, 4) is 0 Å². The number of carbonyl (C=O) groups excluding carboxylic acids is 1. The predicted octanol–water partition coefficient (Wildman–Crippen LogP) is 0.506. The van der Waals surface area contributed by atoms with Gasteiger partial charge in [0.15, 0.2) is 5.66 Å². The monoisotopic (exact) mass is 276 g/mol. The van der Waals surface area contributed by atoms with Crippen LogP contribution in [0.5, 0.6) is 0 Å². The number of carbonyl (C=O) groups is 3. The van der Waals surface area contributed by atoms with Crippen molar-refractivity contribution in [3.05, 3.63) is 0 Å². The van der Waals surface area contributed by atoms with Gasteiger partial charge in [-0.1, -0.05) is 0 Å². The fraction of sp³-hybridized carbons (Fsp3) is 0.727. The van der Waals surface area contributed by atoms with Crippen LogP contribution in [0, 0.1) is 0 Å². The van der Waals surface area contributed by atoms with Crippen molar-refractivity contribution in [2.45, 2.75) is 51.3 Å². The maximum Gasteiger partial charge on any atom is 0.409 e. The lowest BCUT2D eigenvalue weighted by atomic mass is 10.0. The number of carboxylic acid groups (broad SMARTS) is 2. The molecule has 0 aliphatic carbocycles. The van der Waals surface area contributed by atoms with E-state index >= 15 is 0 Å². The van der Waals surface area contributed by atoms with E-state index in [0.29, 0.717) is 0 Å². The second-order valence-corrected chi connectivity index (χ2v) is 5.15. The van der Waals surface area contributed by atoms with Crippen LogP contribution < -0.4 is 11.1 Å². The van der Waals surface area contributed by atoms with Crippen molar-refractivity contribution in [2.24, 2.45) is 5.73 Å². The molecule has 0 aromatic heterocycles. The van der Waals surface area contributed by atoms with Crippen LogP contribution in [0.2, 0.25) is 0 Å². The SMILES string of the molecule is CC(C)(C)OC(=O)NC(N)(CCCC(=O)O)C(=O)O. The molecule has 0 bridgehead atoms. The molecule has 8 nitrogen and oxygen atoms in total. The van der Waals surface area contributed by atoms with Crippen LogP contribution in [0.15, 0.2) is 0 Å². The highest BCUT2D eigenvalue weighted by Gasteiger charge is 2.36. The number of amides is 1. The predicted molar refractivity (Wildman–Crippen MR) is 65.4 cm³/mol. The van der Waals surface area contributed by atoms with Gasteiger partial charge in [-0.3, -0.25) is 15.8 Å². The van der Waals surface area contributed by atoms with E-state index in [9.17, 15) is 14.4 Å². The Morgan fingerprint density at radius 2 is 1.74 bits per heavy atom. The van der Waals surface area contributed by atoms with E-state index in [0.717, 1.165) is 0 Å². The molecule has 1 amide bonds. The summed E-state index contributed by atoms with van der Waals surface area (Å²) in [5.74, 6) is -2.52. The van der Waals surface area contributed by atoms with Crippen LogP contribution in [0.3, 0.4) is 0 Å². The average Bonchev–Trinajstić information content (AvgIpc) is 2.12. The Labute approximate surface area is 110 Å². The van der Waals surface area contributed by atoms with E-state index in [1.165, 1.54) is 0 Å². The first kappa shape index (κ1) is 17.2. The standard InChI is InChI=1S/C11H20N2O6/c1-10(2,3)19-9(18)13-11(12,8(16)17)6-4-5-7(14)15/h4-6,12H2,1-3H3,(H,13,18)(H,14,15)(H,16,17). The van der Waals surface area contributed by atoms with Gasteiger partial charge in [0.05, 0.1) is 0 Å². The molecule has 0 spiro atoms. The summed E-state index contributed by atoms with van der Waals surface area (Å²) in [6, 6.07) is 0. The molecule has 1 unspecified atom stereocenters. The maximum absolute atomic E-state index is 11.5. The maximum atomic E-state index is 11.5. The number of ether oxygens (including phenoxy) is 1. The van der Waals surface area contributed by atoms with Crippen LogP contribution in [0.1, 0.15) is 40.0 Å². The van der Waals surface area contributed by atoms with Gasteiger partial charge in [0.25, 0.3) is 0 Å². The number of hydrogen-bond donors (Lipinski definition) is 4. The minimum absolute atomic E-state index is 0.0218. The number of carboxylic acids is 2. The Morgan fingerprint density at radius 3 is 2.11 bits per heavy atom. The summed E-state index contributed by atoms with van der Waals surface area (Å²) in [6.45, 7) is 4.86. The van der Waals surface area contributed by atoms with E-state index in [1.54, 1.807) is 20.8 Å². The van der Waals surface area contributed by atoms with Gasteiger partial charge in [-0.2, -0.15) is 0 Å². The third kappa shape index (κ3) is 7.24. The van der Waals surface area contributed by atoms with Crippen LogP contribution >= 0.6 is 0 Å². The lowest BCUT2D eigenvalue weighted by molar-refractivity contribution is -0.145. The van der Waals surface area contributed by atoms with Crippen LogP contribution in [-0.4, -0.2) is 39.5 Å². The van der Waals surface area contributed by atoms with E-state index in [-0.39, 0.29) is 19.3 Å². The Kier molecular flexibility index (Phi) is 5.76. The number of alkyl carbamates (subject to hydrolysis) is 1. The smallest absolute Gasteiger partial charge is 0.409 e. The molecule has 0 saturated heterocycles. The fourth-order valence-electron chi connectivity index (χ4n) is 1.23. The minimum Gasteiger partial charge on any atom is -0.481 e. The Balaban J connectivity index is 4.58. The third-order valence-electron chi connectivity index (χ3n) is 2.07. The highest BCUT2D eigenvalue weighted by Crippen LogP contribution is 2.12. The molecular formula is C11H20N2O6. The van der Waals surface area contributed by atoms with Crippen molar-refractivity contribution in [3.63, 3.8) is 0 Å². The van der Waals surface area contributed by atoms with Gasteiger partial charge in [0.1, 0.15) is 5.60 Å². The van der Waals surface area contributed by atoms with E-state index < -0.39 is 29.3 Å². The van der Waals surface area contributed by atoms with Gasteiger partial charge in [-0.15, -0.1) is 0 Å². The second-order valence-electron chi connectivity index (χ2n) is 5.15. The van der Waals surface area contributed by atoms with Gasteiger partial charge >= 0.3 is 18.0 Å². The van der Waals surface area contributed by atoms with Gasteiger partial charge in [0, 0.05) is 6.42 Å². The molecule has 0 saturated carbocycles. The van der Waals surface area contributed by atoms with E-state index in [2.05, 4.69) is 0 Å². The molecule has 8 heteroatoms. The summed E-state index contributed by atoms with van der Waals surface area (Å²) >= 11 is 0. The highest BCUT2D eigenvalue weighted by molar-refractivity contribution is 5.83. The summed E-state index contributed by atoms with van der Waals surface area (Å²) in [5.41, 5.74) is 2.71. The third-order valence-corrected chi connectivity index (χ3v) is 2.07. The zero-order chi connectivity index (χ0) is 15.3. The molecule has 0 aliphatic heterocycles. The first-order valence-electron chi connectivity index (χ1n) is 5.71. The van der Waals surface area contributed by atoms with Gasteiger partial charge < -0.3 is 14.9 Å². The molecule has 19 heavy (non-hydrogen) atoms. The average molecular weight is 276 g/mol. The molecular weight excluding hydrogens is 256 g/mol. The lowest BCUT2D eigenvalue weighted by Crippen LogP contribution is -2.62. The number of nitrogens with one attached hydrogen (secondary N) is 1. The van der Waals surface area contributed by atoms with Crippen molar-refractivity contribution in [1.82, 2.24) is 5.32 Å². The second kappa shape index (κ2) is 6.37. The van der Waals surface area contributed by atoms with Gasteiger partial charge in [0.2, 0.25) is 0 Å². The van der Waals surface area contributed by atoms with Crippen LogP contribution in [0.4, 0.5) is 4.79 Å². The molecule has 0 rings (SSSR count). The lowest BCUT2D eigenvalue weighted by Gasteiger charge is -2.28. The normalized spacial score (nSPS) is 14.3. The summed E-state index contributed by atoms with van der Waals surface area (Å²) in [7, 11) is 0. The van der Waals surface area contributed by atoms with E-state index in [1.807, 2.05) is 5.32 Å². The van der Waals surface area contributed by atoms with Gasteiger partial charge in [-0.05, 0) is 33.6 Å². The number of nitrogens with two attached hydrogens (primary N) is 1. The zero-order valence-corrected chi connectivity index (χ0v) is 11.2. The van der Waals surface area contributed by atoms with Crippen LogP contribution in [-0.2, 0) is 14.3 Å². The molecule has 0 aromatic carbocycles. The molecule has 5 N–H and O–H groups in total. The van der Waals surface area contributed by atoms with Crippen molar-refractivity contribution >= 4 is 18.0 Å². The summed E-state index contributed by atoms with van der Waals surface area (Å²) in [6.07, 6.45) is -1.39. The molecule has 0 fully saturated rings. The Hall–Kier alpha value is -1.83. The summed E-state index contributed by atoms with van der Waals surface area (Å²) in [5, 5.41) is 19.5. The number of rotatable bonds is 6. The Bertz CT molecular complexity index is 363. The fourth-order valence-corrected chi connectivity index (χ4v) is 1.23. The topological polar surface area (TPSA) is 139 Å². The molecule has 0 heterocycles. The quantitative estimate of drug-likeness (QED) is 0.518. The minimum atomic E-state index is -2.04. The molecule has 110 valence electrons. The van der Waals surface area contributed by atoms with Gasteiger partial charge in [-0.25, -0.2) is 9.59 Å². The number of hydrogen-bond acceptors (Lipinski definition) is 5. The van der Waals surface area contributed by atoms with Crippen molar-refractivity contribution in [1.29, 1.82) is 0 Å². The Morgan fingerprint density at radius 1 is 1.21 bits per heavy atom. The zero-order valence-electron chi connectivity index (χ0n) is 11.2. The first-order chi connectivity index (χ1) is 8.46. The van der Waals surface area contributed by atoms with Crippen molar-refractivity contribution in [2.75, 3.05) is 0 Å². The van der Waals surface area contributed by atoms with Crippen LogP contribution in [0.25, 0.3) is 0 Å². The highest BCUT2D eigenvalue weighted by atomic mass is 16.6. The molecule has 0 radical (unpaired) electrons. The molecule has 0 aliphatic rings. The summed E-state index contributed by atoms with van der Waals surface area (Å²) in [4.78, 5) is 32.9. The number of aliphatic carboxylic acids is 2. The summed E-state index contributed by atoms with van der Waals surface area (Å²) < 4.78 is 4.90.